The molecule has 94 valence electrons. The molecule has 0 heterocycles. The molecule has 1 rings (SSSR count). The van der Waals surface area contributed by atoms with Crippen LogP contribution in [0.3, 0.4) is 0 Å². The lowest BCUT2D eigenvalue weighted by molar-refractivity contribution is 0.0697. The molecule has 0 fully saturated rings. The third kappa shape index (κ3) is 3.66. The Kier molecular flexibility index (Phi) is 4.37. The molecular formula is C13H20N2O2. The van der Waals surface area contributed by atoms with E-state index in [-0.39, 0.29) is 5.56 Å². The minimum atomic E-state index is -0.940. The molecule has 0 bridgehead atoms. The highest BCUT2D eigenvalue weighted by Gasteiger charge is 2.09. The molecule has 1 atom stereocenters. The zero-order valence-corrected chi connectivity index (χ0v) is 10.5. The first kappa shape index (κ1) is 13.4. The third-order valence-electron chi connectivity index (χ3n) is 3.05. The first-order valence-electron chi connectivity index (χ1n) is 5.78. The van der Waals surface area contributed by atoms with Crippen LogP contribution in [0.25, 0.3) is 0 Å². The summed E-state index contributed by atoms with van der Waals surface area (Å²) in [5.74, 6) is 0.138. The number of anilines is 2. The fourth-order valence-electron chi connectivity index (χ4n) is 1.35. The Labute approximate surface area is 102 Å². The van der Waals surface area contributed by atoms with E-state index in [1.807, 2.05) is 0 Å². The Bertz CT molecular complexity index is 402. The fourth-order valence-corrected chi connectivity index (χ4v) is 1.35. The molecule has 4 N–H and O–H groups in total. The van der Waals surface area contributed by atoms with Gasteiger partial charge in [-0.1, -0.05) is 20.8 Å². The van der Waals surface area contributed by atoms with Gasteiger partial charge >= 0.3 is 5.97 Å². The summed E-state index contributed by atoms with van der Waals surface area (Å²) in [4.78, 5) is 10.8. The number of hydrogen-bond donors (Lipinski definition) is 3. The number of rotatable bonds is 5. The second kappa shape index (κ2) is 5.57. The van der Waals surface area contributed by atoms with E-state index >= 15 is 0 Å². The lowest BCUT2D eigenvalue weighted by atomic mass is 9.98. The summed E-state index contributed by atoms with van der Waals surface area (Å²) >= 11 is 0. The molecule has 1 aromatic rings. The van der Waals surface area contributed by atoms with Crippen molar-refractivity contribution in [2.24, 2.45) is 11.8 Å². The third-order valence-corrected chi connectivity index (χ3v) is 3.05. The molecule has 0 amide bonds. The fraction of sp³-hybridized carbons (Fsp3) is 0.462. The number of benzene rings is 1. The van der Waals surface area contributed by atoms with Gasteiger partial charge in [-0.3, -0.25) is 0 Å². The molecule has 0 aliphatic heterocycles. The molecule has 17 heavy (non-hydrogen) atoms. The Hall–Kier alpha value is -1.71. The molecule has 1 unspecified atom stereocenters. The van der Waals surface area contributed by atoms with Crippen molar-refractivity contribution >= 4 is 17.3 Å². The Morgan fingerprint density at radius 3 is 2.59 bits per heavy atom. The Morgan fingerprint density at radius 1 is 1.41 bits per heavy atom. The number of nitrogens with two attached hydrogens (primary N) is 1. The summed E-state index contributed by atoms with van der Waals surface area (Å²) in [7, 11) is 0. The van der Waals surface area contributed by atoms with E-state index in [1.165, 1.54) is 6.07 Å². The molecule has 0 aromatic heterocycles. The van der Waals surface area contributed by atoms with Crippen LogP contribution in [-0.4, -0.2) is 17.6 Å². The van der Waals surface area contributed by atoms with Gasteiger partial charge in [0.15, 0.2) is 0 Å². The second-order valence-corrected chi connectivity index (χ2v) is 4.71. The highest BCUT2D eigenvalue weighted by Crippen LogP contribution is 2.21. The summed E-state index contributed by atoms with van der Waals surface area (Å²) in [5.41, 5.74) is 7.31. The van der Waals surface area contributed by atoms with Gasteiger partial charge in [0.25, 0.3) is 0 Å². The summed E-state index contributed by atoms with van der Waals surface area (Å²) < 4.78 is 0. The number of aromatic carboxylic acids is 1. The van der Waals surface area contributed by atoms with Crippen molar-refractivity contribution in [3.05, 3.63) is 23.8 Å². The SMILES string of the molecule is CC(C)C(C)CNc1cc(C(=O)O)ccc1N. The standard InChI is InChI=1S/C13H20N2O2/c1-8(2)9(3)7-15-12-6-10(13(16)17)4-5-11(12)14/h4-6,8-9,15H,7,14H2,1-3H3,(H,16,17). The Balaban J connectivity index is 2.76. The first-order chi connectivity index (χ1) is 7.91. The van der Waals surface area contributed by atoms with Gasteiger partial charge in [-0.2, -0.15) is 0 Å². The van der Waals surface area contributed by atoms with Gasteiger partial charge in [-0.05, 0) is 30.0 Å². The molecule has 4 nitrogen and oxygen atoms in total. The average Bonchev–Trinajstić information content (AvgIpc) is 2.26. The van der Waals surface area contributed by atoms with Crippen LogP contribution in [0.5, 0.6) is 0 Å². The number of carboxylic acids is 1. The topological polar surface area (TPSA) is 75.3 Å². The lowest BCUT2D eigenvalue weighted by Gasteiger charge is -2.18. The smallest absolute Gasteiger partial charge is 0.335 e. The number of carbonyl (C=O) groups is 1. The highest BCUT2D eigenvalue weighted by molar-refractivity contribution is 5.90. The van der Waals surface area contributed by atoms with Gasteiger partial charge in [0.05, 0.1) is 16.9 Å². The summed E-state index contributed by atoms with van der Waals surface area (Å²) in [6.07, 6.45) is 0. The molecule has 0 aliphatic carbocycles. The van der Waals surface area contributed by atoms with Crippen molar-refractivity contribution in [3.63, 3.8) is 0 Å². The molecular weight excluding hydrogens is 216 g/mol. The van der Waals surface area contributed by atoms with Crippen LogP contribution in [0.1, 0.15) is 31.1 Å². The van der Waals surface area contributed by atoms with Crippen molar-refractivity contribution in [2.75, 3.05) is 17.6 Å². The van der Waals surface area contributed by atoms with Crippen LogP contribution in [0.4, 0.5) is 11.4 Å². The van der Waals surface area contributed by atoms with E-state index < -0.39 is 5.97 Å². The summed E-state index contributed by atoms with van der Waals surface area (Å²) in [6, 6.07) is 4.70. The number of hydrogen-bond acceptors (Lipinski definition) is 3. The van der Waals surface area contributed by atoms with E-state index in [2.05, 4.69) is 26.1 Å². The molecule has 1 aromatic carbocycles. The van der Waals surface area contributed by atoms with Crippen LogP contribution in [0.15, 0.2) is 18.2 Å². The van der Waals surface area contributed by atoms with Gasteiger partial charge in [-0.15, -0.1) is 0 Å². The zero-order valence-electron chi connectivity index (χ0n) is 10.5. The van der Waals surface area contributed by atoms with E-state index in [4.69, 9.17) is 10.8 Å². The van der Waals surface area contributed by atoms with Crippen LogP contribution in [0.2, 0.25) is 0 Å². The second-order valence-electron chi connectivity index (χ2n) is 4.71. The van der Waals surface area contributed by atoms with Crippen LogP contribution in [-0.2, 0) is 0 Å². The van der Waals surface area contributed by atoms with Crippen molar-refractivity contribution in [1.82, 2.24) is 0 Å². The summed E-state index contributed by atoms with van der Waals surface area (Å²) in [6.45, 7) is 7.24. The van der Waals surface area contributed by atoms with Gasteiger partial charge < -0.3 is 16.2 Å². The van der Waals surface area contributed by atoms with Gasteiger partial charge in [0, 0.05) is 6.54 Å². The van der Waals surface area contributed by atoms with Gasteiger partial charge in [0.2, 0.25) is 0 Å². The van der Waals surface area contributed by atoms with E-state index in [1.54, 1.807) is 12.1 Å². The maximum Gasteiger partial charge on any atom is 0.335 e. The van der Waals surface area contributed by atoms with Crippen molar-refractivity contribution in [2.45, 2.75) is 20.8 Å². The Morgan fingerprint density at radius 2 is 2.06 bits per heavy atom. The number of nitrogens with one attached hydrogen (secondary N) is 1. The molecule has 4 heteroatoms. The lowest BCUT2D eigenvalue weighted by Crippen LogP contribution is -2.17. The van der Waals surface area contributed by atoms with E-state index in [0.29, 0.717) is 23.2 Å². The van der Waals surface area contributed by atoms with E-state index in [0.717, 1.165) is 6.54 Å². The molecule has 0 spiro atoms. The van der Waals surface area contributed by atoms with Crippen LogP contribution < -0.4 is 11.1 Å². The molecule has 0 saturated carbocycles. The van der Waals surface area contributed by atoms with Crippen molar-refractivity contribution in [1.29, 1.82) is 0 Å². The maximum absolute atomic E-state index is 10.8. The summed E-state index contributed by atoms with van der Waals surface area (Å²) in [5, 5.41) is 12.1. The predicted octanol–water partition coefficient (Wildman–Crippen LogP) is 2.67. The van der Waals surface area contributed by atoms with Gasteiger partial charge in [0.1, 0.15) is 0 Å². The predicted molar refractivity (Wildman–Crippen MR) is 70.3 cm³/mol. The first-order valence-corrected chi connectivity index (χ1v) is 5.78. The van der Waals surface area contributed by atoms with Crippen LogP contribution in [0, 0.1) is 11.8 Å². The van der Waals surface area contributed by atoms with E-state index in [9.17, 15) is 4.79 Å². The minimum absolute atomic E-state index is 0.249. The largest absolute Gasteiger partial charge is 0.478 e. The molecule has 0 aliphatic rings. The molecule has 0 saturated heterocycles. The van der Waals surface area contributed by atoms with Crippen molar-refractivity contribution < 1.29 is 9.90 Å². The normalized spacial score (nSPS) is 12.5. The van der Waals surface area contributed by atoms with Crippen LogP contribution >= 0.6 is 0 Å². The number of nitrogen functional groups attached to an aromatic ring is 1. The number of carboxylic acid groups (broad SMARTS) is 1. The van der Waals surface area contributed by atoms with Gasteiger partial charge in [-0.25, -0.2) is 4.79 Å². The average molecular weight is 236 g/mol. The highest BCUT2D eigenvalue weighted by atomic mass is 16.4. The monoisotopic (exact) mass is 236 g/mol. The van der Waals surface area contributed by atoms with Crippen molar-refractivity contribution in [3.8, 4) is 0 Å². The zero-order chi connectivity index (χ0) is 13.0. The molecule has 0 radical (unpaired) electrons. The maximum atomic E-state index is 10.8. The quantitative estimate of drug-likeness (QED) is 0.687. The minimum Gasteiger partial charge on any atom is -0.478 e.